The Balaban J connectivity index is 1.70. The van der Waals surface area contributed by atoms with Crippen LogP contribution in [0.5, 0.6) is 0 Å². The summed E-state index contributed by atoms with van der Waals surface area (Å²) in [5, 5.41) is 52.6. The molecule has 1 fully saturated rings. The van der Waals surface area contributed by atoms with Crippen LogP contribution in [0.25, 0.3) is 5.65 Å². The van der Waals surface area contributed by atoms with Crippen LogP contribution in [0, 0.1) is 22.7 Å². The number of likely N-dealkylation sites (N-methyl/N-ethyl adjacent to an activating group) is 1. The van der Waals surface area contributed by atoms with Gasteiger partial charge in [0, 0.05) is 32.2 Å². The summed E-state index contributed by atoms with van der Waals surface area (Å²) in [6.07, 6.45) is 0.767. The van der Waals surface area contributed by atoms with Gasteiger partial charge in [0.05, 0.1) is 45.9 Å². The summed E-state index contributed by atoms with van der Waals surface area (Å²) in [5.41, 5.74) is 0.928. The van der Waals surface area contributed by atoms with Crippen LogP contribution < -0.4 is 20.9 Å². The number of hydrogen-bond donors (Lipinski definition) is 5. The van der Waals surface area contributed by atoms with Gasteiger partial charge in [0.15, 0.2) is 17.2 Å². The van der Waals surface area contributed by atoms with E-state index in [0.717, 1.165) is 0 Å². The Morgan fingerprint density at radius 1 is 1.32 bits per heavy atom. The molecule has 5 N–H and O–H groups in total. The highest BCUT2D eigenvalue weighted by molar-refractivity contribution is 6.36. The third-order valence-electron chi connectivity index (χ3n) is 6.68. The number of nitrogens with zero attached hydrogens (tertiary/aromatic N) is 8. The lowest BCUT2D eigenvalue weighted by Gasteiger charge is -2.45. The van der Waals surface area contributed by atoms with Crippen LogP contribution in [0.4, 0.5) is 27.9 Å². The molecule has 1 aromatic carbocycles. The van der Waals surface area contributed by atoms with E-state index in [2.05, 4.69) is 43.2 Å². The van der Waals surface area contributed by atoms with Crippen LogP contribution in [-0.4, -0.2) is 91.7 Å². The van der Waals surface area contributed by atoms with Gasteiger partial charge < -0.3 is 31.1 Å². The minimum Gasteiger partial charge on any atom is -0.465 e. The highest BCUT2D eigenvalue weighted by Crippen LogP contribution is 2.37. The maximum absolute atomic E-state index is 11.5. The summed E-state index contributed by atoms with van der Waals surface area (Å²) >= 11 is 6.91. The van der Waals surface area contributed by atoms with Gasteiger partial charge in [-0.15, -0.1) is 5.10 Å². The van der Waals surface area contributed by atoms with Crippen molar-refractivity contribution in [3.05, 3.63) is 34.6 Å². The Hall–Kier alpha value is -4.37. The summed E-state index contributed by atoms with van der Waals surface area (Å²) < 4.78 is 1.37. The van der Waals surface area contributed by atoms with Crippen molar-refractivity contribution in [3.8, 4) is 12.1 Å². The average Bonchev–Trinajstić information content (AvgIpc) is 3.32. The molecule has 2 atom stereocenters. The zero-order valence-corrected chi connectivity index (χ0v) is 23.9. The highest BCUT2D eigenvalue weighted by Gasteiger charge is 2.36. The fourth-order valence-electron chi connectivity index (χ4n) is 5.06. The molecule has 1 aliphatic heterocycles. The normalized spacial score (nSPS) is 17.2. The lowest BCUT2D eigenvalue weighted by molar-refractivity contribution is 0.0236. The van der Waals surface area contributed by atoms with Gasteiger partial charge in [-0.2, -0.15) is 20.0 Å². The quantitative estimate of drug-likeness (QED) is 0.248. The molecule has 1 amide bonds. The first-order chi connectivity index (χ1) is 19.4. The van der Waals surface area contributed by atoms with Crippen LogP contribution in [0.1, 0.15) is 38.4 Å². The second kappa shape index (κ2) is 12.0. The number of nitrogens with one attached hydrogen (secondary N) is 3. The predicted octanol–water partition coefficient (Wildman–Crippen LogP) is 2.61. The van der Waals surface area contributed by atoms with Crippen molar-refractivity contribution in [1.82, 2.24) is 29.8 Å². The molecule has 216 valence electrons. The molecule has 0 saturated carbocycles. The molecule has 0 radical (unpaired) electrons. The smallest absolute Gasteiger partial charge is 0.404 e. The van der Waals surface area contributed by atoms with Crippen molar-refractivity contribution in [1.29, 1.82) is 10.5 Å². The van der Waals surface area contributed by atoms with E-state index >= 15 is 0 Å². The van der Waals surface area contributed by atoms with Crippen molar-refractivity contribution in [2.75, 3.05) is 48.8 Å². The van der Waals surface area contributed by atoms with E-state index in [-0.39, 0.29) is 23.7 Å². The average molecular weight is 582 g/mol. The van der Waals surface area contributed by atoms with Crippen LogP contribution in [0.3, 0.4) is 0 Å². The van der Waals surface area contributed by atoms with E-state index in [9.17, 15) is 25.5 Å². The maximum atomic E-state index is 11.5. The number of rotatable bonds is 9. The molecule has 3 aromatic rings. The number of anilines is 4. The highest BCUT2D eigenvalue weighted by atomic mass is 35.5. The summed E-state index contributed by atoms with van der Waals surface area (Å²) in [7, 11) is 1.84. The van der Waals surface area contributed by atoms with E-state index in [1.807, 2.05) is 23.8 Å². The van der Waals surface area contributed by atoms with Gasteiger partial charge >= 0.3 is 6.09 Å². The van der Waals surface area contributed by atoms with E-state index in [0.29, 0.717) is 66.0 Å². The topological polar surface area (TPSA) is 191 Å². The molecule has 2 aromatic heterocycles. The molecule has 4 rings (SSSR count). The number of carboxylic acid groups (broad SMARTS) is 1. The molecular formula is C26H32ClN11O3. The molecule has 0 aliphatic carbocycles. The van der Waals surface area contributed by atoms with Crippen LogP contribution >= 0.6 is 11.6 Å². The number of aromatic nitrogens is 4. The summed E-state index contributed by atoms with van der Waals surface area (Å²) in [5.74, 6) is 0.558. The Morgan fingerprint density at radius 2 is 2.07 bits per heavy atom. The standard InChI is InChI=1S/C26H32ClN11O3/c1-5-30-22-23-31-12-16(11-29)38(23)35-24(34-22)32-18-8-15(10-28)9-19(21(18)27)37-7-6-17(33-25(39)40)20(13-37)36(4)14-26(2,3)41/h8-9,12,17,20,33,41H,5-7,13-14H2,1-4H3,(H,39,40)(H2,30,32,34,35)/t17-,20+/m1/s1. The van der Waals surface area contributed by atoms with E-state index in [1.165, 1.54) is 10.7 Å². The minimum atomic E-state index is -1.12. The Labute approximate surface area is 242 Å². The largest absolute Gasteiger partial charge is 0.465 e. The van der Waals surface area contributed by atoms with Gasteiger partial charge in [-0.3, -0.25) is 4.90 Å². The minimum absolute atomic E-state index is 0.137. The second-order valence-electron chi connectivity index (χ2n) is 10.5. The Kier molecular flexibility index (Phi) is 8.68. The van der Waals surface area contributed by atoms with Gasteiger partial charge in [-0.05, 0) is 46.4 Å². The molecule has 15 heteroatoms. The van der Waals surface area contributed by atoms with Gasteiger partial charge in [0.2, 0.25) is 5.95 Å². The third-order valence-corrected chi connectivity index (χ3v) is 7.08. The van der Waals surface area contributed by atoms with Gasteiger partial charge in [-0.25, -0.2) is 9.78 Å². The molecule has 0 spiro atoms. The lowest BCUT2D eigenvalue weighted by Crippen LogP contribution is -2.61. The van der Waals surface area contributed by atoms with Crippen LogP contribution in [-0.2, 0) is 0 Å². The molecule has 3 heterocycles. The molecule has 0 unspecified atom stereocenters. The molecular weight excluding hydrogens is 550 g/mol. The van der Waals surface area contributed by atoms with Crippen molar-refractivity contribution in [2.45, 2.75) is 44.9 Å². The van der Waals surface area contributed by atoms with Crippen molar-refractivity contribution in [3.63, 3.8) is 0 Å². The zero-order chi connectivity index (χ0) is 29.9. The fraction of sp³-hybridized carbons (Fsp3) is 0.462. The third kappa shape index (κ3) is 6.69. The predicted molar refractivity (Wildman–Crippen MR) is 154 cm³/mol. The first-order valence-electron chi connectivity index (χ1n) is 13.0. The lowest BCUT2D eigenvalue weighted by atomic mass is 9.95. The number of hydrogen-bond acceptors (Lipinski definition) is 11. The van der Waals surface area contributed by atoms with Gasteiger partial charge in [-0.1, -0.05) is 11.6 Å². The number of fused-ring (bicyclic) bond motifs is 1. The maximum Gasteiger partial charge on any atom is 0.404 e. The Bertz CT molecular complexity index is 1520. The number of halogens is 1. The molecule has 1 saturated heterocycles. The van der Waals surface area contributed by atoms with Crippen molar-refractivity contribution in [2.24, 2.45) is 0 Å². The second-order valence-corrected chi connectivity index (χ2v) is 10.9. The number of imidazole rings is 1. The monoisotopic (exact) mass is 581 g/mol. The molecule has 1 aliphatic rings. The number of carbonyl (C=O) groups is 1. The number of piperidine rings is 1. The first-order valence-corrected chi connectivity index (χ1v) is 13.4. The number of nitriles is 2. The molecule has 14 nitrogen and oxygen atoms in total. The van der Waals surface area contributed by atoms with Gasteiger partial charge in [0.1, 0.15) is 6.07 Å². The van der Waals surface area contributed by atoms with Crippen molar-refractivity contribution < 1.29 is 15.0 Å². The van der Waals surface area contributed by atoms with Crippen LogP contribution in [0.15, 0.2) is 18.3 Å². The van der Waals surface area contributed by atoms with E-state index in [4.69, 9.17) is 11.6 Å². The van der Waals surface area contributed by atoms with E-state index in [1.54, 1.807) is 26.0 Å². The SMILES string of the molecule is CCNc1nc(Nc2cc(C#N)cc(N3CC[C@@H](NC(=O)O)[C@@H](N(C)CC(C)(C)O)C3)c2Cl)nn2c(C#N)cnc12. The number of benzene rings is 1. The summed E-state index contributed by atoms with van der Waals surface area (Å²) in [6.45, 7) is 7.03. The van der Waals surface area contributed by atoms with Crippen molar-refractivity contribution >= 4 is 46.5 Å². The van der Waals surface area contributed by atoms with Crippen LogP contribution in [0.2, 0.25) is 5.02 Å². The molecule has 41 heavy (non-hydrogen) atoms. The van der Waals surface area contributed by atoms with E-state index < -0.39 is 11.7 Å². The summed E-state index contributed by atoms with van der Waals surface area (Å²) in [4.78, 5) is 24.2. The van der Waals surface area contributed by atoms with Gasteiger partial charge in [0.25, 0.3) is 0 Å². The Morgan fingerprint density at radius 3 is 2.71 bits per heavy atom. The first kappa shape index (κ1) is 29.6. The summed E-state index contributed by atoms with van der Waals surface area (Å²) in [6, 6.07) is 6.82. The number of aliphatic hydroxyl groups is 1. The zero-order valence-electron chi connectivity index (χ0n) is 23.2. The molecule has 0 bridgehead atoms. The fourth-order valence-corrected chi connectivity index (χ4v) is 5.34. The number of amides is 1.